The van der Waals surface area contributed by atoms with Crippen LogP contribution in [-0.4, -0.2) is 47.5 Å². The fraction of sp³-hybridized carbons (Fsp3) is 0.318. The van der Waals surface area contributed by atoms with Gasteiger partial charge in [-0.2, -0.15) is 0 Å². The predicted octanol–water partition coefficient (Wildman–Crippen LogP) is 2.80. The summed E-state index contributed by atoms with van der Waals surface area (Å²) < 4.78 is 5.21. The fourth-order valence-corrected chi connectivity index (χ4v) is 4.60. The highest BCUT2D eigenvalue weighted by Crippen LogP contribution is 2.42. The number of hydrogen-bond donors (Lipinski definition) is 2. The van der Waals surface area contributed by atoms with Gasteiger partial charge in [-0.3, -0.25) is 14.4 Å². The normalized spacial score (nSPS) is 19.8. The van der Waals surface area contributed by atoms with Crippen LogP contribution in [0.3, 0.4) is 0 Å². The number of rotatable bonds is 5. The third kappa shape index (κ3) is 3.61. The standard InChI is InChI=1S/C22H21ClN2O5/c1-30-19-6-3-13(9-16(19)23)12-2-4-15-14(8-12)10-18(22(29)24-11-21(27)28)25-17(15)5-7-20(25)26/h2-4,6,8-9,17-18H,5,7,10-11H2,1H3,(H,24,29)(H,27,28)/t17-,18+/m1/s1. The number of amides is 2. The predicted molar refractivity (Wildman–Crippen MR) is 110 cm³/mol. The van der Waals surface area contributed by atoms with Crippen LogP contribution in [0.4, 0.5) is 0 Å². The number of ether oxygens (including phenoxy) is 1. The van der Waals surface area contributed by atoms with Crippen LogP contribution in [-0.2, 0) is 20.8 Å². The lowest BCUT2D eigenvalue weighted by atomic mass is 9.86. The van der Waals surface area contributed by atoms with Crippen molar-refractivity contribution in [2.45, 2.75) is 31.3 Å². The number of nitrogens with one attached hydrogen (secondary N) is 1. The Morgan fingerprint density at radius 3 is 2.67 bits per heavy atom. The lowest BCUT2D eigenvalue weighted by Crippen LogP contribution is -2.52. The molecular weight excluding hydrogens is 408 g/mol. The summed E-state index contributed by atoms with van der Waals surface area (Å²) in [4.78, 5) is 37.6. The number of nitrogens with zero attached hydrogens (tertiary/aromatic N) is 1. The Labute approximate surface area is 178 Å². The molecule has 2 N–H and O–H groups in total. The van der Waals surface area contributed by atoms with Crippen LogP contribution in [0.1, 0.15) is 30.0 Å². The number of aliphatic carboxylic acids is 1. The highest BCUT2D eigenvalue weighted by Gasteiger charge is 2.44. The van der Waals surface area contributed by atoms with Gasteiger partial charge in [-0.15, -0.1) is 0 Å². The topological polar surface area (TPSA) is 95.9 Å². The maximum Gasteiger partial charge on any atom is 0.322 e. The number of carboxylic acids is 1. The molecule has 30 heavy (non-hydrogen) atoms. The maximum absolute atomic E-state index is 12.7. The van der Waals surface area contributed by atoms with Crippen molar-refractivity contribution < 1.29 is 24.2 Å². The van der Waals surface area contributed by atoms with Crippen LogP contribution in [0, 0.1) is 0 Å². The van der Waals surface area contributed by atoms with E-state index in [-0.39, 0.29) is 11.9 Å². The summed E-state index contributed by atoms with van der Waals surface area (Å²) in [6.45, 7) is -0.473. The van der Waals surface area contributed by atoms with E-state index >= 15 is 0 Å². The van der Waals surface area contributed by atoms with E-state index in [0.29, 0.717) is 30.0 Å². The Balaban J connectivity index is 1.68. The number of carbonyl (C=O) groups excluding carboxylic acids is 2. The van der Waals surface area contributed by atoms with Crippen molar-refractivity contribution in [1.82, 2.24) is 10.2 Å². The first-order valence-corrected chi connectivity index (χ1v) is 10.0. The molecule has 2 aliphatic heterocycles. The third-order valence-electron chi connectivity index (χ3n) is 5.71. The number of methoxy groups -OCH3 is 1. The second-order valence-corrected chi connectivity index (χ2v) is 7.86. The molecule has 1 fully saturated rings. The van der Waals surface area contributed by atoms with Gasteiger partial charge in [0.05, 0.1) is 18.2 Å². The van der Waals surface area contributed by atoms with Crippen molar-refractivity contribution in [2.75, 3.05) is 13.7 Å². The van der Waals surface area contributed by atoms with E-state index in [0.717, 1.165) is 22.3 Å². The lowest BCUT2D eigenvalue weighted by molar-refractivity contribution is -0.142. The van der Waals surface area contributed by atoms with Gasteiger partial charge in [-0.25, -0.2) is 0 Å². The fourth-order valence-electron chi connectivity index (χ4n) is 4.34. The number of halogens is 1. The molecule has 0 saturated carbocycles. The van der Waals surface area contributed by atoms with Crippen LogP contribution in [0.15, 0.2) is 36.4 Å². The molecule has 2 atom stereocenters. The average Bonchev–Trinajstić information content (AvgIpc) is 3.12. The first-order valence-electron chi connectivity index (χ1n) is 9.66. The number of carboxylic acid groups (broad SMARTS) is 1. The van der Waals surface area contributed by atoms with Gasteiger partial charge in [0, 0.05) is 12.8 Å². The maximum atomic E-state index is 12.7. The van der Waals surface area contributed by atoms with Crippen LogP contribution in [0.5, 0.6) is 5.75 Å². The van der Waals surface area contributed by atoms with E-state index < -0.39 is 24.5 Å². The monoisotopic (exact) mass is 428 g/mol. The molecule has 1 saturated heterocycles. The lowest BCUT2D eigenvalue weighted by Gasteiger charge is -2.38. The molecule has 2 heterocycles. The van der Waals surface area contributed by atoms with Crippen molar-refractivity contribution in [3.05, 3.63) is 52.5 Å². The number of benzene rings is 2. The molecule has 156 valence electrons. The van der Waals surface area contributed by atoms with E-state index in [2.05, 4.69) is 5.32 Å². The molecule has 8 heteroatoms. The van der Waals surface area contributed by atoms with Gasteiger partial charge < -0.3 is 20.1 Å². The second-order valence-electron chi connectivity index (χ2n) is 7.45. The molecule has 0 aromatic heterocycles. The molecule has 4 rings (SSSR count). The van der Waals surface area contributed by atoms with E-state index in [4.69, 9.17) is 21.4 Å². The molecule has 0 radical (unpaired) electrons. The first-order chi connectivity index (χ1) is 14.4. The number of hydrogen-bond acceptors (Lipinski definition) is 4. The van der Waals surface area contributed by atoms with Gasteiger partial charge in [-0.1, -0.05) is 35.9 Å². The summed E-state index contributed by atoms with van der Waals surface area (Å²) >= 11 is 6.27. The SMILES string of the molecule is COc1ccc(-c2ccc3c(c2)C[C@@H](C(=O)NCC(=O)O)N2C(=O)CC[C@H]32)cc1Cl. The zero-order valence-corrected chi connectivity index (χ0v) is 17.1. The minimum Gasteiger partial charge on any atom is -0.495 e. The Bertz CT molecular complexity index is 1040. The quantitative estimate of drug-likeness (QED) is 0.763. The van der Waals surface area contributed by atoms with Gasteiger partial charge in [0.25, 0.3) is 0 Å². The highest BCUT2D eigenvalue weighted by molar-refractivity contribution is 6.32. The summed E-state index contributed by atoms with van der Waals surface area (Å²) in [6, 6.07) is 10.7. The van der Waals surface area contributed by atoms with Gasteiger partial charge in [0.1, 0.15) is 18.3 Å². The molecule has 2 aliphatic rings. The van der Waals surface area contributed by atoms with Crippen molar-refractivity contribution >= 4 is 29.4 Å². The van der Waals surface area contributed by atoms with Crippen molar-refractivity contribution in [3.8, 4) is 16.9 Å². The Kier molecular flexibility index (Phi) is 5.39. The Hall–Kier alpha value is -3.06. The van der Waals surface area contributed by atoms with Crippen LogP contribution in [0.2, 0.25) is 5.02 Å². The van der Waals surface area contributed by atoms with E-state index in [1.165, 1.54) is 0 Å². The molecule has 0 bridgehead atoms. The molecule has 2 aromatic rings. The highest BCUT2D eigenvalue weighted by atomic mass is 35.5. The van der Waals surface area contributed by atoms with E-state index in [1.807, 2.05) is 30.3 Å². The molecular formula is C22H21ClN2O5. The van der Waals surface area contributed by atoms with Crippen molar-refractivity contribution in [1.29, 1.82) is 0 Å². The van der Waals surface area contributed by atoms with Gasteiger partial charge in [0.2, 0.25) is 11.8 Å². The number of fused-ring (bicyclic) bond motifs is 3. The molecule has 0 spiro atoms. The average molecular weight is 429 g/mol. The summed E-state index contributed by atoms with van der Waals surface area (Å²) in [6.07, 6.45) is 1.35. The number of carbonyl (C=O) groups is 3. The Morgan fingerprint density at radius 2 is 1.97 bits per heavy atom. The zero-order valence-electron chi connectivity index (χ0n) is 16.4. The largest absolute Gasteiger partial charge is 0.495 e. The minimum atomic E-state index is -1.12. The third-order valence-corrected chi connectivity index (χ3v) is 6.00. The summed E-state index contributed by atoms with van der Waals surface area (Å²) in [5.74, 6) is -1.05. The zero-order chi connectivity index (χ0) is 21.4. The Morgan fingerprint density at radius 1 is 1.23 bits per heavy atom. The molecule has 2 aromatic carbocycles. The summed E-state index contributed by atoms with van der Waals surface area (Å²) in [5.41, 5.74) is 3.87. The van der Waals surface area contributed by atoms with Gasteiger partial charge in [0.15, 0.2) is 0 Å². The summed E-state index contributed by atoms with van der Waals surface area (Å²) in [5, 5.41) is 11.8. The summed E-state index contributed by atoms with van der Waals surface area (Å²) in [7, 11) is 1.56. The van der Waals surface area contributed by atoms with Gasteiger partial charge >= 0.3 is 5.97 Å². The molecule has 0 unspecified atom stereocenters. The second kappa shape index (κ2) is 7.99. The first kappa shape index (κ1) is 20.2. The van der Waals surface area contributed by atoms with E-state index in [1.54, 1.807) is 18.1 Å². The van der Waals surface area contributed by atoms with E-state index in [9.17, 15) is 14.4 Å². The van der Waals surface area contributed by atoms with Crippen molar-refractivity contribution in [2.24, 2.45) is 0 Å². The smallest absolute Gasteiger partial charge is 0.322 e. The van der Waals surface area contributed by atoms with Crippen LogP contribution in [0.25, 0.3) is 11.1 Å². The molecule has 0 aliphatic carbocycles. The van der Waals surface area contributed by atoms with Crippen LogP contribution < -0.4 is 10.1 Å². The minimum absolute atomic E-state index is 0.0767. The van der Waals surface area contributed by atoms with Crippen LogP contribution >= 0.6 is 11.6 Å². The molecule has 7 nitrogen and oxygen atoms in total. The molecule has 2 amide bonds. The van der Waals surface area contributed by atoms with Gasteiger partial charge in [-0.05, 0) is 40.8 Å². The van der Waals surface area contributed by atoms with Crippen molar-refractivity contribution in [3.63, 3.8) is 0 Å².